The van der Waals surface area contributed by atoms with Gasteiger partial charge in [-0.05, 0) is 19.3 Å². The van der Waals surface area contributed by atoms with Crippen molar-refractivity contribution in [2.75, 3.05) is 13.6 Å². The van der Waals surface area contributed by atoms with Gasteiger partial charge in [-0.2, -0.15) is 0 Å². The number of nitrogens with zero attached hydrogens (tertiary/aromatic N) is 1. The summed E-state index contributed by atoms with van der Waals surface area (Å²) in [6, 6.07) is 0. The summed E-state index contributed by atoms with van der Waals surface area (Å²) in [5.74, 6) is 0. The van der Waals surface area contributed by atoms with Gasteiger partial charge in [-0.3, -0.25) is 0 Å². The second kappa shape index (κ2) is 6.49. The van der Waals surface area contributed by atoms with Gasteiger partial charge in [-0.1, -0.05) is 6.42 Å². The Hall–Kier alpha value is -0.660. The van der Waals surface area contributed by atoms with Gasteiger partial charge < -0.3 is 5.73 Å². The van der Waals surface area contributed by atoms with Crippen LogP contribution in [0.25, 0.3) is 0 Å². The van der Waals surface area contributed by atoms with Gasteiger partial charge in [-0.15, -0.1) is 0 Å². The number of fused-ring (bicyclic) bond motifs is 1. The molecule has 18 heavy (non-hydrogen) atoms. The molecule has 0 spiro atoms. The van der Waals surface area contributed by atoms with Gasteiger partial charge in [0.2, 0.25) is 0 Å². The van der Waals surface area contributed by atoms with E-state index in [1.54, 1.807) is 0 Å². The second-order valence-corrected chi connectivity index (χ2v) is 5.48. The van der Waals surface area contributed by atoms with E-state index < -0.39 is 10.2 Å². The topological polar surface area (TPSA) is 113 Å². The standard InChI is InChI=1S/C11H18N2.ClH3O4/c1-13-8-7-10(12)9-5-3-2-4-6-11(9)13;2-1(3,4)5/h12H,2-8H2,1H3;2-4H/p+1. The van der Waals surface area contributed by atoms with Crippen molar-refractivity contribution >= 4 is 5.71 Å². The fourth-order valence-corrected chi connectivity index (χ4v) is 2.41. The molecule has 0 aromatic rings. The summed E-state index contributed by atoms with van der Waals surface area (Å²) in [5.41, 5.74) is 10.2. The molecule has 0 aromatic heterocycles. The normalized spacial score (nSPS) is 21.8. The molecule has 0 saturated heterocycles. The predicted octanol–water partition coefficient (Wildman–Crippen LogP) is -1.21. The Bertz CT molecular complexity index is 327. The Morgan fingerprint density at radius 3 is 2.28 bits per heavy atom. The third kappa shape index (κ3) is 5.32. The average Bonchev–Trinajstić information content (AvgIpc) is 2.47. The van der Waals surface area contributed by atoms with E-state index in [4.69, 9.17) is 24.4 Å². The van der Waals surface area contributed by atoms with E-state index in [1.165, 1.54) is 43.4 Å². The van der Waals surface area contributed by atoms with Gasteiger partial charge in [0, 0.05) is 24.1 Å². The zero-order valence-corrected chi connectivity index (χ0v) is 11.4. The minimum absolute atomic E-state index is 1.06. The molecule has 2 aliphatic rings. The van der Waals surface area contributed by atoms with Crippen molar-refractivity contribution in [3.8, 4) is 0 Å². The molecule has 1 heterocycles. The molecule has 0 amide bonds. The summed E-state index contributed by atoms with van der Waals surface area (Å²) in [4.78, 5) is 0. The molecule has 5 N–H and O–H groups in total. The van der Waals surface area contributed by atoms with Crippen LogP contribution >= 0.6 is 0 Å². The number of halogens is 1. The van der Waals surface area contributed by atoms with Crippen molar-refractivity contribution in [3.05, 3.63) is 11.3 Å². The number of nitrogens with two attached hydrogens (primary N) is 1. The number of hydrogen-bond acceptors (Lipinski definition) is 5. The maximum atomic E-state index is 8.83. The molecule has 6 nitrogen and oxygen atoms in total. The van der Waals surface area contributed by atoms with Crippen LogP contribution in [0.1, 0.15) is 38.5 Å². The number of hydrogen-bond donors (Lipinski definition) is 4. The molecule has 1 fully saturated rings. The Morgan fingerprint density at radius 1 is 1.11 bits per heavy atom. The van der Waals surface area contributed by atoms with Gasteiger partial charge in [0.05, 0.1) is 0 Å². The maximum absolute atomic E-state index is 8.83. The summed E-state index contributed by atoms with van der Waals surface area (Å²) >= 11 is 0. The Balaban J connectivity index is 0.000000280. The molecule has 1 aliphatic carbocycles. The van der Waals surface area contributed by atoms with Crippen LogP contribution < -0.4 is 10.4 Å². The van der Waals surface area contributed by atoms with Crippen LogP contribution in [0.15, 0.2) is 11.3 Å². The molecule has 0 atom stereocenters. The van der Waals surface area contributed by atoms with Crippen molar-refractivity contribution in [3.63, 3.8) is 0 Å². The van der Waals surface area contributed by atoms with Crippen molar-refractivity contribution in [2.24, 2.45) is 5.73 Å². The summed E-state index contributed by atoms with van der Waals surface area (Å²) in [6.45, 7) is 1.12. The quantitative estimate of drug-likeness (QED) is 0.416. The SMILES string of the molecule is C[N+]1=C2CCCCCC2=C(N)CC1.[O-][Cl+](O)(O)O. The van der Waals surface area contributed by atoms with E-state index in [-0.39, 0.29) is 0 Å². The van der Waals surface area contributed by atoms with E-state index in [0.29, 0.717) is 0 Å². The predicted molar refractivity (Wildman–Crippen MR) is 61.6 cm³/mol. The van der Waals surface area contributed by atoms with Crippen LogP contribution in [0.4, 0.5) is 0 Å². The molecule has 0 aromatic carbocycles. The van der Waals surface area contributed by atoms with E-state index in [0.717, 1.165) is 18.7 Å². The Labute approximate surface area is 109 Å². The van der Waals surface area contributed by atoms with Gasteiger partial charge in [0.15, 0.2) is 5.71 Å². The van der Waals surface area contributed by atoms with Gasteiger partial charge in [-0.25, -0.2) is 4.58 Å². The molecule has 1 saturated carbocycles. The Kier molecular flexibility index (Phi) is 5.55. The van der Waals surface area contributed by atoms with Crippen LogP contribution in [0, 0.1) is 10.2 Å². The van der Waals surface area contributed by atoms with Crippen LogP contribution in [0.3, 0.4) is 0 Å². The number of allylic oxidation sites excluding steroid dienone is 1. The Morgan fingerprint density at radius 2 is 1.67 bits per heavy atom. The van der Waals surface area contributed by atoms with E-state index in [1.807, 2.05) is 0 Å². The summed E-state index contributed by atoms with van der Waals surface area (Å²) in [5, 5.41) is 0. The molecule has 2 rings (SSSR count). The first-order chi connectivity index (χ1) is 8.29. The molecule has 7 heteroatoms. The zero-order chi connectivity index (χ0) is 13.8. The van der Waals surface area contributed by atoms with Gasteiger partial charge in [0.25, 0.3) is 0 Å². The molecule has 0 radical (unpaired) electrons. The van der Waals surface area contributed by atoms with Crippen molar-refractivity contribution in [2.45, 2.75) is 38.5 Å². The van der Waals surface area contributed by atoms with Crippen molar-refractivity contribution in [1.29, 1.82) is 0 Å². The van der Waals surface area contributed by atoms with Crippen LogP contribution in [-0.2, 0) is 0 Å². The first-order valence-electron chi connectivity index (χ1n) is 6.00. The summed E-state index contributed by atoms with van der Waals surface area (Å²) in [7, 11) is -1.99. The first-order valence-corrected chi connectivity index (χ1v) is 7.32. The van der Waals surface area contributed by atoms with E-state index in [2.05, 4.69) is 11.6 Å². The van der Waals surface area contributed by atoms with E-state index in [9.17, 15) is 0 Å². The molecular formula is C11H22ClN2O4+. The molecule has 1 aliphatic heterocycles. The van der Waals surface area contributed by atoms with Crippen LogP contribution in [0.5, 0.6) is 0 Å². The third-order valence-electron chi connectivity index (χ3n) is 3.25. The van der Waals surface area contributed by atoms with E-state index >= 15 is 0 Å². The summed E-state index contributed by atoms with van der Waals surface area (Å²) < 4.78 is 32.6. The minimum atomic E-state index is -4.19. The first kappa shape index (κ1) is 15.4. The third-order valence-corrected chi connectivity index (χ3v) is 3.25. The van der Waals surface area contributed by atoms with Crippen molar-refractivity contribution < 1.29 is 33.5 Å². The molecule has 106 valence electrons. The van der Waals surface area contributed by atoms with Crippen LogP contribution in [-0.4, -0.2) is 37.9 Å². The summed E-state index contributed by atoms with van der Waals surface area (Å²) in [6.07, 6.45) is 7.56. The monoisotopic (exact) mass is 281 g/mol. The van der Waals surface area contributed by atoms with Crippen LogP contribution in [0.2, 0.25) is 0 Å². The fourth-order valence-electron chi connectivity index (χ4n) is 2.41. The number of rotatable bonds is 0. The average molecular weight is 282 g/mol. The van der Waals surface area contributed by atoms with Gasteiger partial charge >= 0.3 is 28.9 Å². The fraction of sp³-hybridized carbons (Fsp3) is 0.727. The molecule has 0 bridgehead atoms. The molecular weight excluding hydrogens is 260 g/mol. The molecule has 0 unspecified atom stereocenters. The van der Waals surface area contributed by atoms with Gasteiger partial charge in [0.1, 0.15) is 13.6 Å². The zero-order valence-electron chi connectivity index (χ0n) is 10.6. The second-order valence-electron chi connectivity index (χ2n) is 4.62. The van der Waals surface area contributed by atoms with Crippen molar-refractivity contribution in [1.82, 2.24) is 0 Å².